The number of nitrogens with zero attached hydrogens (tertiary/aromatic N) is 6. The van der Waals surface area contributed by atoms with Crippen molar-refractivity contribution in [2.45, 2.75) is 38.2 Å². The standard InChI is InChI=1S/C21H25BN6O2/c23-15-22-5-3-17(12-22)30-14-19-18-4-7-28(16-2-1-6-24-13-16)20(18)26-21(25-19)27-8-10-29-11-9-27/h1-2,6,13,17H,3-5,7-12,14H2. The minimum Gasteiger partial charge on any atom is -0.378 e. The van der Waals surface area contributed by atoms with Crippen LogP contribution in [0.25, 0.3) is 0 Å². The summed E-state index contributed by atoms with van der Waals surface area (Å²) in [6.07, 6.45) is 7.39. The zero-order valence-corrected chi connectivity index (χ0v) is 17.0. The third-order valence-corrected chi connectivity index (χ3v) is 6.17. The molecule has 0 radical (unpaired) electrons. The van der Waals surface area contributed by atoms with Crippen LogP contribution >= 0.6 is 0 Å². The van der Waals surface area contributed by atoms with Crippen LogP contribution in [-0.4, -0.2) is 60.6 Å². The van der Waals surface area contributed by atoms with Crippen LogP contribution in [0.2, 0.25) is 12.6 Å². The number of hydrogen-bond donors (Lipinski definition) is 0. The van der Waals surface area contributed by atoms with Gasteiger partial charge in [-0.1, -0.05) is 6.32 Å². The molecule has 0 spiro atoms. The molecule has 0 aliphatic carbocycles. The first-order valence-electron chi connectivity index (χ1n) is 10.7. The first-order chi connectivity index (χ1) is 14.8. The van der Waals surface area contributed by atoms with E-state index in [-0.39, 0.29) is 12.8 Å². The molecule has 0 aromatic carbocycles. The predicted octanol–water partition coefficient (Wildman–Crippen LogP) is 2.25. The Balaban J connectivity index is 1.44. The smallest absolute Gasteiger partial charge is 0.270 e. The van der Waals surface area contributed by atoms with E-state index < -0.39 is 0 Å². The van der Waals surface area contributed by atoms with Gasteiger partial charge in [0, 0.05) is 37.4 Å². The van der Waals surface area contributed by atoms with Crippen molar-refractivity contribution in [2.75, 3.05) is 42.6 Å². The van der Waals surface area contributed by atoms with Crippen molar-refractivity contribution in [3.8, 4) is 5.97 Å². The van der Waals surface area contributed by atoms with Crippen LogP contribution in [-0.2, 0) is 22.5 Å². The summed E-state index contributed by atoms with van der Waals surface area (Å²) in [7, 11) is 0. The second kappa shape index (κ2) is 8.58. The molecule has 9 heteroatoms. The predicted molar refractivity (Wildman–Crippen MR) is 114 cm³/mol. The number of hydrogen-bond acceptors (Lipinski definition) is 8. The van der Waals surface area contributed by atoms with Crippen molar-refractivity contribution in [3.05, 3.63) is 35.8 Å². The Morgan fingerprint density at radius 2 is 2.17 bits per heavy atom. The molecule has 2 saturated heterocycles. The summed E-state index contributed by atoms with van der Waals surface area (Å²) in [5.41, 5.74) is 3.17. The molecule has 154 valence electrons. The van der Waals surface area contributed by atoms with E-state index in [9.17, 15) is 0 Å². The lowest BCUT2D eigenvalue weighted by Gasteiger charge is -2.28. The molecule has 2 fully saturated rings. The normalized spacial score (nSPS) is 21.0. The number of aromatic nitrogens is 3. The lowest BCUT2D eigenvalue weighted by Crippen LogP contribution is -2.37. The SMILES string of the molecule is N#CB1CCC(OCc2nc(N3CCOCC3)nc3c2CCN3c2cccnc2)C1. The number of pyridine rings is 1. The number of nitriles is 1. The summed E-state index contributed by atoms with van der Waals surface area (Å²) in [5, 5.41) is 9.16. The third kappa shape index (κ3) is 3.85. The molecule has 1 unspecified atom stereocenters. The highest BCUT2D eigenvalue weighted by atomic mass is 16.5. The summed E-state index contributed by atoms with van der Waals surface area (Å²) in [6.45, 7) is 4.40. The monoisotopic (exact) mass is 404 g/mol. The number of fused-ring (bicyclic) bond motifs is 1. The van der Waals surface area contributed by atoms with Crippen LogP contribution in [0.1, 0.15) is 17.7 Å². The van der Waals surface area contributed by atoms with Crippen molar-refractivity contribution in [1.82, 2.24) is 15.0 Å². The van der Waals surface area contributed by atoms with Gasteiger partial charge in [0.15, 0.2) is 0 Å². The van der Waals surface area contributed by atoms with Crippen LogP contribution in [0.5, 0.6) is 0 Å². The lowest BCUT2D eigenvalue weighted by atomic mass is 9.50. The quantitative estimate of drug-likeness (QED) is 0.702. The Morgan fingerprint density at radius 1 is 1.27 bits per heavy atom. The lowest BCUT2D eigenvalue weighted by molar-refractivity contribution is 0.0535. The zero-order chi connectivity index (χ0) is 20.3. The van der Waals surface area contributed by atoms with Gasteiger partial charge < -0.3 is 19.3 Å². The van der Waals surface area contributed by atoms with Crippen molar-refractivity contribution >= 4 is 24.2 Å². The maximum atomic E-state index is 9.16. The van der Waals surface area contributed by atoms with E-state index in [0.29, 0.717) is 19.8 Å². The van der Waals surface area contributed by atoms with Gasteiger partial charge in [0.05, 0.1) is 43.5 Å². The van der Waals surface area contributed by atoms with Gasteiger partial charge in [0.2, 0.25) is 5.95 Å². The average molecular weight is 404 g/mol. The summed E-state index contributed by atoms with van der Waals surface area (Å²) in [4.78, 5) is 18.6. The molecule has 0 saturated carbocycles. The largest absolute Gasteiger partial charge is 0.378 e. The first kappa shape index (κ1) is 19.3. The molecule has 8 nitrogen and oxygen atoms in total. The van der Waals surface area contributed by atoms with Crippen LogP contribution in [0, 0.1) is 11.2 Å². The highest BCUT2D eigenvalue weighted by Crippen LogP contribution is 2.36. The summed E-state index contributed by atoms with van der Waals surface area (Å²) < 4.78 is 11.7. The molecule has 3 aliphatic rings. The van der Waals surface area contributed by atoms with Crippen LogP contribution in [0.3, 0.4) is 0 Å². The van der Waals surface area contributed by atoms with Crippen LogP contribution < -0.4 is 9.80 Å². The van der Waals surface area contributed by atoms with Crippen LogP contribution in [0.4, 0.5) is 17.5 Å². The minimum atomic E-state index is 0.121. The Morgan fingerprint density at radius 3 is 2.93 bits per heavy atom. The van der Waals surface area contributed by atoms with Gasteiger partial charge >= 0.3 is 0 Å². The summed E-state index contributed by atoms with van der Waals surface area (Å²) in [5.74, 6) is 4.07. The molecule has 3 aliphatic heterocycles. The molecule has 0 bridgehead atoms. The van der Waals surface area contributed by atoms with Crippen molar-refractivity contribution in [2.24, 2.45) is 0 Å². The number of ether oxygens (including phenoxy) is 2. The molecular formula is C21H25BN6O2. The fourth-order valence-electron chi connectivity index (χ4n) is 4.51. The van der Waals surface area contributed by atoms with E-state index in [1.807, 2.05) is 12.3 Å². The van der Waals surface area contributed by atoms with Gasteiger partial charge in [-0.05, 0) is 31.3 Å². The molecule has 5 rings (SSSR count). The number of anilines is 3. The second-order valence-corrected chi connectivity index (χ2v) is 8.06. The molecule has 0 amide bonds. The van der Waals surface area contributed by atoms with E-state index in [1.54, 1.807) is 6.20 Å². The molecule has 0 N–H and O–H groups in total. The molecular weight excluding hydrogens is 379 g/mol. The first-order valence-corrected chi connectivity index (χ1v) is 10.7. The van der Waals surface area contributed by atoms with Crippen molar-refractivity contribution < 1.29 is 9.47 Å². The maximum Gasteiger partial charge on any atom is 0.270 e. The fourth-order valence-corrected chi connectivity index (χ4v) is 4.51. The molecule has 5 heterocycles. The van der Waals surface area contributed by atoms with Gasteiger partial charge in [0.25, 0.3) is 6.71 Å². The Kier molecular flexibility index (Phi) is 5.51. The van der Waals surface area contributed by atoms with Crippen molar-refractivity contribution in [3.63, 3.8) is 0 Å². The van der Waals surface area contributed by atoms with E-state index in [0.717, 1.165) is 73.8 Å². The zero-order valence-electron chi connectivity index (χ0n) is 17.0. The number of rotatable bonds is 5. The van der Waals surface area contributed by atoms with Gasteiger partial charge in [-0.25, -0.2) is 10.2 Å². The Labute approximate surface area is 176 Å². The summed E-state index contributed by atoms with van der Waals surface area (Å²) in [6, 6.07) is 4.02. The van der Waals surface area contributed by atoms with Gasteiger partial charge in [0.1, 0.15) is 5.82 Å². The van der Waals surface area contributed by atoms with Gasteiger partial charge in [-0.2, -0.15) is 4.98 Å². The topological polar surface area (TPSA) is 87.4 Å². The van der Waals surface area contributed by atoms with Gasteiger partial charge in [-0.3, -0.25) is 4.98 Å². The number of morpholine rings is 1. The fraction of sp³-hybridized carbons (Fsp3) is 0.524. The van der Waals surface area contributed by atoms with E-state index in [1.165, 1.54) is 0 Å². The second-order valence-electron chi connectivity index (χ2n) is 8.06. The van der Waals surface area contributed by atoms with Crippen LogP contribution in [0.15, 0.2) is 24.5 Å². The summed E-state index contributed by atoms with van der Waals surface area (Å²) >= 11 is 0. The minimum absolute atomic E-state index is 0.121. The van der Waals surface area contributed by atoms with E-state index in [2.05, 4.69) is 26.8 Å². The molecule has 2 aromatic rings. The average Bonchev–Trinajstić information content (AvgIpc) is 3.45. The highest BCUT2D eigenvalue weighted by molar-refractivity contribution is 6.67. The van der Waals surface area contributed by atoms with E-state index >= 15 is 0 Å². The Hall–Kier alpha value is -2.70. The van der Waals surface area contributed by atoms with Gasteiger partial charge in [-0.15, -0.1) is 0 Å². The maximum absolute atomic E-state index is 9.16. The van der Waals surface area contributed by atoms with E-state index in [4.69, 9.17) is 24.7 Å². The molecule has 1 atom stereocenters. The molecule has 2 aromatic heterocycles. The third-order valence-electron chi connectivity index (χ3n) is 6.17. The molecule has 30 heavy (non-hydrogen) atoms. The Bertz CT molecular complexity index is 931. The van der Waals surface area contributed by atoms with Crippen molar-refractivity contribution in [1.29, 1.82) is 5.26 Å². The highest BCUT2D eigenvalue weighted by Gasteiger charge is 2.31.